The van der Waals surface area contributed by atoms with Gasteiger partial charge in [-0.1, -0.05) is 11.6 Å². The van der Waals surface area contributed by atoms with Crippen molar-refractivity contribution in [3.05, 3.63) is 11.4 Å². The average molecular weight is 237 g/mol. The number of hydrogen-bond donors (Lipinski definition) is 1. The van der Waals surface area contributed by atoms with Crippen molar-refractivity contribution < 1.29 is 0 Å². The smallest absolute Gasteiger partial charge is 0.0874 e. The van der Waals surface area contributed by atoms with Gasteiger partial charge in [0.15, 0.2) is 0 Å². The van der Waals surface area contributed by atoms with E-state index in [1.807, 2.05) is 0 Å². The summed E-state index contributed by atoms with van der Waals surface area (Å²) in [6.07, 6.45) is 4.76. The van der Waals surface area contributed by atoms with Crippen LogP contribution in [0.3, 0.4) is 0 Å². The minimum absolute atomic E-state index is 0.659. The quantitative estimate of drug-likeness (QED) is 0.787. The fourth-order valence-corrected chi connectivity index (χ4v) is 2.26. The van der Waals surface area contributed by atoms with E-state index in [1.54, 1.807) is 0 Å². The molecule has 96 valence electrons. The minimum Gasteiger partial charge on any atom is -0.330 e. The topological polar surface area (TPSA) is 60.0 Å². The van der Waals surface area contributed by atoms with Crippen molar-refractivity contribution in [3.8, 4) is 0 Å². The van der Waals surface area contributed by atoms with Gasteiger partial charge in [0.25, 0.3) is 0 Å². The Bertz CT molecular complexity index is 354. The van der Waals surface area contributed by atoms with E-state index >= 15 is 0 Å². The normalized spacial score (nSPS) is 16.5. The number of aromatic nitrogens is 3. The Morgan fingerprint density at radius 1 is 1.41 bits per heavy atom. The molecule has 0 unspecified atom stereocenters. The molecule has 5 nitrogen and oxygen atoms in total. The molecule has 1 heterocycles. The Kier molecular flexibility index (Phi) is 4.12. The van der Waals surface area contributed by atoms with E-state index in [9.17, 15) is 0 Å². The highest BCUT2D eigenvalue weighted by atomic mass is 15.4. The van der Waals surface area contributed by atoms with Crippen LogP contribution in [0.15, 0.2) is 0 Å². The van der Waals surface area contributed by atoms with Gasteiger partial charge in [-0.05, 0) is 33.5 Å². The number of hydrogen-bond acceptors (Lipinski definition) is 4. The molecule has 1 fully saturated rings. The van der Waals surface area contributed by atoms with Gasteiger partial charge in [0.2, 0.25) is 0 Å². The zero-order valence-corrected chi connectivity index (χ0v) is 10.9. The number of rotatable bonds is 6. The van der Waals surface area contributed by atoms with Crippen molar-refractivity contribution in [1.82, 2.24) is 19.9 Å². The maximum Gasteiger partial charge on any atom is 0.0874 e. The summed E-state index contributed by atoms with van der Waals surface area (Å²) in [7, 11) is 4.17. The molecule has 1 aromatic heterocycles. The third-order valence-corrected chi connectivity index (χ3v) is 3.48. The molecule has 0 amide bonds. The average Bonchev–Trinajstić information content (AvgIpc) is 2.58. The van der Waals surface area contributed by atoms with Crippen molar-refractivity contribution in [3.63, 3.8) is 0 Å². The van der Waals surface area contributed by atoms with Crippen molar-refractivity contribution in [1.29, 1.82) is 0 Å². The Balaban J connectivity index is 2.12. The molecule has 0 bridgehead atoms. The molecular weight excluding hydrogens is 214 g/mol. The lowest BCUT2D eigenvalue weighted by molar-refractivity contribution is 0.343. The summed E-state index contributed by atoms with van der Waals surface area (Å²) in [5.74, 6) is 0.675. The maximum absolute atomic E-state index is 5.64. The SMILES string of the molecule is CN(C)CCn1nnc(CCN)c1C1CCC1. The van der Waals surface area contributed by atoms with E-state index in [4.69, 9.17) is 5.73 Å². The van der Waals surface area contributed by atoms with Gasteiger partial charge < -0.3 is 10.6 Å². The maximum atomic E-state index is 5.64. The van der Waals surface area contributed by atoms with Crippen molar-refractivity contribution in [2.75, 3.05) is 27.2 Å². The highest BCUT2D eigenvalue weighted by Gasteiger charge is 2.27. The molecule has 1 aliphatic rings. The second-order valence-corrected chi connectivity index (χ2v) is 5.11. The fourth-order valence-electron chi connectivity index (χ4n) is 2.26. The van der Waals surface area contributed by atoms with E-state index in [1.165, 1.54) is 25.0 Å². The van der Waals surface area contributed by atoms with E-state index in [2.05, 4.69) is 34.0 Å². The van der Waals surface area contributed by atoms with E-state index in [0.29, 0.717) is 12.5 Å². The van der Waals surface area contributed by atoms with Gasteiger partial charge in [-0.2, -0.15) is 0 Å². The van der Waals surface area contributed by atoms with Gasteiger partial charge in [-0.25, -0.2) is 4.68 Å². The Hall–Kier alpha value is -0.940. The summed E-state index contributed by atoms with van der Waals surface area (Å²) in [5.41, 5.74) is 8.11. The third kappa shape index (κ3) is 2.84. The van der Waals surface area contributed by atoms with E-state index < -0.39 is 0 Å². The van der Waals surface area contributed by atoms with Crippen LogP contribution in [0.25, 0.3) is 0 Å². The van der Waals surface area contributed by atoms with Crippen LogP contribution in [0, 0.1) is 0 Å². The molecule has 0 aromatic carbocycles. The zero-order chi connectivity index (χ0) is 12.3. The monoisotopic (exact) mass is 237 g/mol. The molecule has 1 aliphatic carbocycles. The molecule has 2 N–H and O–H groups in total. The van der Waals surface area contributed by atoms with Gasteiger partial charge in [0, 0.05) is 18.9 Å². The second-order valence-electron chi connectivity index (χ2n) is 5.11. The first-order valence-corrected chi connectivity index (χ1v) is 6.49. The van der Waals surface area contributed by atoms with Crippen LogP contribution in [0.4, 0.5) is 0 Å². The Morgan fingerprint density at radius 3 is 2.71 bits per heavy atom. The van der Waals surface area contributed by atoms with Crippen LogP contribution in [-0.4, -0.2) is 47.1 Å². The molecule has 0 aliphatic heterocycles. The van der Waals surface area contributed by atoms with E-state index in [0.717, 1.165) is 25.2 Å². The predicted molar refractivity (Wildman–Crippen MR) is 67.9 cm³/mol. The first kappa shape index (κ1) is 12.5. The largest absolute Gasteiger partial charge is 0.330 e. The van der Waals surface area contributed by atoms with Crippen molar-refractivity contribution >= 4 is 0 Å². The van der Waals surface area contributed by atoms with Gasteiger partial charge >= 0.3 is 0 Å². The molecule has 2 rings (SSSR count). The van der Waals surface area contributed by atoms with Crippen molar-refractivity contribution in [2.24, 2.45) is 5.73 Å². The summed E-state index contributed by atoms with van der Waals surface area (Å²) in [6, 6.07) is 0. The van der Waals surface area contributed by atoms with Crippen LogP contribution >= 0.6 is 0 Å². The molecule has 1 saturated carbocycles. The van der Waals surface area contributed by atoms with Crippen molar-refractivity contribution in [2.45, 2.75) is 38.1 Å². The number of nitrogens with two attached hydrogens (primary N) is 1. The summed E-state index contributed by atoms with van der Waals surface area (Å²) >= 11 is 0. The summed E-state index contributed by atoms with van der Waals surface area (Å²) in [6.45, 7) is 2.59. The van der Waals surface area contributed by atoms with Crippen LogP contribution < -0.4 is 5.73 Å². The highest BCUT2D eigenvalue weighted by Crippen LogP contribution is 2.37. The number of likely N-dealkylation sites (N-methyl/N-ethyl adjacent to an activating group) is 1. The van der Waals surface area contributed by atoms with E-state index in [-0.39, 0.29) is 0 Å². The first-order valence-electron chi connectivity index (χ1n) is 6.49. The summed E-state index contributed by atoms with van der Waals surface area (Å²) in [5, 5.41) is 8.60. The first-order chi connectivity index (χ1) is 8.22. The predicted octanol–water partition coefficient (Wildman–Crippen LogP) is 0.608. The molecule has 17 heavy (non-hydrogen) atoms. The van der Waals surface area contributed by atoms with Gasteiger partial charge in [0.05, 0.1) is 17.9 Å². The van der Waals surface area contributed by atoms with Gasteiger partial charge in [-0.3, -0.25) is 0 Å². The van der Waals surface area contributed by atoms with Crippen LogP contribution in [-0.2, 0) is 13.0 Å². The van der Waals surface area contributed by atoms with Gasteiger partial charge in [0.1, 0.15) is 0 Å². The highest BCUT2D eigenvalue weighted by molar-refractivity contribution is 5.18. The Labute approximate surface area is 103 Å². The molecule has 0 radical (unpaired) electrons. The molecule has 0 saturated heterocycles. The molecule has 5 heteroatoms. The van der Waals surface area contributed by atoms with Crippen LogP contribution in [0.5, 0.6) is 0 Å². The van der Waals surface area contributed by atoms with Crippen LogP contribution in [0.2, 0.25) is 0 Å². The van der Waals surface area contributed by atoms with Gasteiger partial charge in [-0.15, -0.1) is 5.10 Å². The molecular formula is C12H23N5. The minimum atomic E-state index is 0.659. The summed E-state index contributed by atoms with van der Waals surface area (Å²) < 4.78 is 2.09. The lowest BCUT2D eigenvalue weighted by Gasteiger charge is -2.27. The lowest BCUT2D eigenvalue weighted by Crippen LogP contribution is -2.23. The molecule has 0 spiro atoms. The number of nitrogens with zero attached hydrogens (tertiary/aromatic N) is 4. The summed E-state index contributed by atoms with van der Waals surface area (Å²) in [4.78, 5) is 2.18. The Morgan fingerprint density at radius 2 is 2.18 bits per heavy atom. The third-order valence-electron chi connectivity index (χ3n) is 3.48. The zero-order valence-electron chi connectivity index (χ0n) is 10.9. The lowest BCUT2D eigenvalue weighted by atomic mass is 9.81. The molecule has 1 aromatic rings. The molecule has 0 atom stereocenters. The fraction of sp³-hybridized carbons (Fsp3) is 0.833. The van der Waals surface area contributed by atoms with Crippen LogP contribution in [0.1, 0.15) is 36.6 Å². The second kappa shape index (κ2) is 5.60. The standard InChI is InChI=1S/C12H23N5/c1-16(2)8-9-17-12(10-4-3-5-10)11(6-7-13)14-15-17/h10H,3-9,13H2,1-2H3.